The lowest BCUT2D eigenvalue weighted by atomic mass is 10.2. The molecule has 0 radical (unpaired) electrons. The standard InChI is InChI=1S/C16H15NO4/c1-17-12(5-6-13(17)8-10-16(19)20-2)7-9-14(18)15-4-3-11-21-15/h3-11H,1-2H3/b9-7+,10-8+. The first-order chi connectivity index (χ1) is 10.1. The molecule has 0 bridgehead atoms. The van der Waals surface area contributed by atoms with E-state index in [-0.39, 0.29) is 5.78 Å². The fourth-order valence-electron chi connectivity index (χ4n) is 1.76. The smallest absolute Gasteiger partial charge is 0.330 e. The molecule has 21 heavy (non-hydrogen) atoms. The quantitative estimate of drug-likeness (QED) is 0.481. The zero-order valence-electron chi connectivity index (χ0n) is 11.8. The molecule has 2 heterocycles. The van der Waals surface area contributed by atoms with Crippen molar-refractivity contribution < 1.29 is 18.7 Å². The molecule has 2 aromatic rings. The molecule has 0 fully saturated rings. The van der Waals surface area contributed by atoms with E-state index in [2.05, 4.69) is 4.74 Å². The number of furan rings is 1. The molecule has 0 aliphatic carbocycles. The van der Waals surface area contributed by atoms with Crippen LogP contribution in [-0.4, -0.2) is 23.4 Å². The van der Waals surface area contributed by atoms with Crippen molar-refractivity contribution >= 4 is 23.9 Å². The van der Waals surface area contributed by atoms with Gasteiger partial charge >= 0.3 is 5.97 Å². The Morgan fingerprint density at radius 3 is 2.38 bits per heavy atom. The van der Waals surface area contributed by atoms with Crippen LogP contribution in [-0.2, 0) is 16.6 Å². The average molecular weight is 285 g/mol. The summed E-state index contributed by atoms with van der Waals surface area (Å²) in [6, 6.07) is 6.97. The van der Waals surface area contributed by atoms with E-state index >= 15 is 0 Å². The first-order valence-corrected chi connectivity index (χ1v) is 6.29. The van der Waals surface area contributed by atoms with E-state index in [9.17, 15) is 9.59 Å². The summed E-state index contributed by atoms with van der Waals surface area (Å²) in [5, 5.41) is 0. The number of aromatic nitrogens is 1. The summed E-state index contributed by atoms with van der Waals surface area (Å²) in [4.78, 5) is 22.8. The molecule has 0 spiro atoms. The van der Waals surface area contributed by atoms with Crippen molar-refractivity contribution in [3.63, 3.8) is 0 Å². The van der Waals surface area contributed by atoms with Crippen LogP contribution in [0, 0.1) is 0 Å². The normalized spacial score (nSPS) is 11.3. The van der Waals surface area contributed by atoms with Gasteiger partial charge in [0, 0.05) is 24.5 Å². The number of esters is 1. The molecule has 0 aliphatic heterocycles. The number of methoxy groups -OCH3 is 1. The van der Waals surface area contributed by atoms with Gasteiger partial charge in [-0.3, -0.25) is 4.79 Å². The van der Waals surface area contributed by atoms with Crippen LogP contribution in [0.5, 0.6) is 0 Å². The highest BCUT2D eigenvalue weighted by Crippen LogP contribution is 2.12. The minimum Gasteiger partial charge on any atom is -0.466 e. The second-order valence-corrected chi connectivity index (χ2v) is 4.27. The van der Waals surface area contributed by atoms with Crippen molar-refractivity contribution in [2.75, 3.05) is 7.11 Å². The van der Waals surface area contributed by atoms with Gasteiger partial charge in [0.15, 0.2) is 5.76 Å². The average Bonchev–Trinajstić information content (AvgIpc) is 3.13. The number of ether oxygens (including phenoxy) is 1. The number of nitrogens with zero attached hydrogens (tertiary/aromatic N) is 1. The Balaban J connectivity index is 2.12. The Bertz CT molecular complexity index is 690. The van der Waals surface area contributed by atoms with E-state index in [1.54, 1.807) is 24.3 Å². The van der Waals surface area contributed by atoms with Gasteiger partial charge in [-0.05, 0) is 42.5 Å². The Morgan fingerprint density at radius 1 is 1.14 bits per heavy atom. The van der Waals surface area contributed by atoms with Crippen molar-refractivity contribution in [2.45, 2.75) is 0 Å². The topological polar surface area (TPSA) is 61.4 Å². The molecular formula is C16H15NO4. The molecule has 0 atom stereocenters. The molecule has 0 unspecified atom stereocenters. The van der Waals surface area contributed by atoms with E-state index < -0.39 is 5.97 Å². The number of allylic oxidation sites excluding steroid dienone is 1. The number of ketones is 1. The molecule has 0 saturated carbocycles. The van der Waals surface area contributed by atoms with Gasteiger partial charge in [0.25, 0.3) is 0 Å². The molecule has 2 aromatic heterocycles. The lowest BCUT2D eigenvalue weighted by molar-refractivity contribution is -0.134. The Hall–Kier alpha value is -2.82. The highest BCUT2D eigenvalue weighted by Gasteiger charge is 2.05. The number of carbonyl (C=O) groups is 2. The van der Waals surface area contributed by atoms with Crippen LogP contribution in [0.1, 0.15) is 21.9 Å². The van der Waals surface area contributed by atoms with Crippen LogP contribution in [0.2, 0.25) is 0 Å². The molecule has 108 valence electrons. The predicted octanol–water partition coefficient (Wildman–Crippen LogP) is 2.70. The van der Waals surface area contributed by atoms with Crippen molar-refractivity contribution in [3.8, 4) is 0 Å². The zero-order chi connectivity index (χ0) is 15.2. The van der Waals surface area contributed by atoms with Crippen molar-refractivity contribution in [2.24, 2.45) is 7.05 Å². The minimum absolute atomic E-state index is 0.201. The molecule has 0 amide bonds. The second kappa shape index (κ2) is 6.56. The molecule has 2 rings (SSSR count). The van der Waals surface area contributed by atoms with Gasteiger partial charge in [0.1, 0.15) is 0 Å². The molecule has 0 saturated heterocycles. The minimum atomic E-state index is -0.415. The van der Waals surface area contributed by atoms with E-state index in [4.69, 9.17) is 4.42 Å². The fraction of sp³-hybridized carbons (Fsp3) is 0.125. The summed E-state index contributed by atoms with van der Waals surface area (Å²) in [5.41, 5.74) is 1.66. The summed E-state index contributed by atoms with van der Waals surface area (Å²) in [7, 11) is 3.17. The lowest BCUT2D eigenvalue weighted by Crippen LogP contribution is -1.97. The van der Waals surface area contributed by atoms with E-state index in [1.807, 2.05) is 23.7 Å². The number of carbonyl (C=O) groups excluding carboxylic acids is 2. The Labute approximate surface area is 122 Å². The van der Waals surface area contributed by atoms with Crippen LogP contribution in [0.3, 0.4) is 0 Å². The number of hydrogen-bond acceptors (Lipinski definition) is 4. The maximum Gasteiger partial charge on any atom is 0.330 e. The highest BCUT2D eigenvalue weighted by atomic mass is 16.5. The lowest BCUT2D eigenvalue weighted by Gasteiger charge is -2.00. The maximum absolute atomic E-state index is 11.8. The van der Waals surface area contributed by atoms with Crippen LogP contribution in [0.4, 0.5) is 0 Å². The van der Waals surface area contributed by atoms with E-state index in [0.717, 1.165) is 11.4 Å². The van der Waals surface area contributed by atoms with Crippen LogP contribution < -0.4 is 0 Å². The first-order valence-electron chi connectivity index (χ1n) is 6.29. The van der Waals surface area contributed by atoms with Gasteiger partial charge in [-0.25, -0.2) is 4.79 Å². The molecule has 0 N–H and O–H groups in total. The second-order valence-electron chi connectivity index (χ2n) is 4.27. The summed E-state index contributed by atoms with van der Waals surface area (Å²) in [6.07, 6.45) is 7.59. The van der Waals surface area contributed by atoms with Crippen molar-refractivity contribution in [3.05, 3.63) is 59.8 Å². The van der Waals surface area contributed by atoms with Gasteiger partial charge in [0.05, 0.1) is 13.4 Å². The molecule has 5 nitrogen and oxygen atoms in total. The van der Waals surface area contributed by atoms with Crippen molar-refractivity contribution in [1.29, 1.82) is 0 Å². The van der Waals surface area contributed by atoms with Gasteiger partial charge in [-0.1, -0.05) is 0 Å². The van der Waals surface area contributed by atoms with Gasteiger partial charge in [0.2, 0.25) is 5.78 Å². The third-order valence-corrected chi connectivity index (χ3v) is 2.96. The predicted molar refractivity (Wildman–Crippen MR) is 78.5 cm³/mol. The third kappa shape index (κ3) is 3.60. The summed E-state index contributed by atoms with van der Waals surface area (Å²) in [5.74, 6) is -0.319. The SMILES string of the molecule is COC(=O)/C=C/c1ccc(/C=C/C(=O)c2ccco2)n1C. The first kappa shape index (κ1) is 14.6. The number of rotatable bonds is 5. The van der Waals surface area contributed by atoms with E-state index in [0.29, 0.717) is 5.76 Å². The van der Waals surface area contributed by atoms with E-state index in [1.165, 1.54) is 25.5 Å². The Morgan fingerprint density at radius 2 is 1.81 bits per heavy atom. The fourth-order valence-corrected chi connectivity index (χ4v) is 1.76. The molecular weight excluding hydrogens is 270 g/mol. The zero-order valence-corrected chi connectivity index (χ0v) is 11.8. The van der Waals surface area contributed by atoms with Gasteiger partial charge in [-0.15, -0.1) is 0 Å². The molecule has 0 aliphatic rings. The van der Waals surface area contributed by atoms with Gasteiger partial charge in [-0.2, -0.15) is 0 Å². The number of hydrogen-bond donors (Lipinski definition) is 0. The summed E-state index contributed by atoms with van der Waals surface area (Å²) >= 11 is 0. The van der Waals surface area contributed by atoms with Crippen molar-refractivity contribution in [1.82, 2.24) is 4.57 Å². The summed E-state index contributed by atoms with van der Waals surface area (Å²) in [6.45, 7) is 0. The molecule has 5 heteroatoms. The summed E-state index contributed by atoms with van der Waals surface area (Å²) < 4.78 is 11.4. The molecule has 0 aromatic carbocycles. The van der Waals surface area contributed by atoms with Crippen LogP contribution in [0.25, 0.3) is 12.2 Å². The Kier molecular flexibility index (Phi) is 4.56. The third-order valence-electron chi connectivity index (χ3n) is 2.96. The largest absolute Gasteiger partial charge is 0.466 e. The van der Waals surface area contributed by atoms with Crippen LogP contribution in [0.15, 0.2) is 47.1 Å². The van der Waals surface area contributed by atoms with Crippen LogP contribution >= 0.6 is 0 Å². The monoisotopic (exact) mass is 285 g/mol. The van der Waals surface area contributed by atoms with Gasteiger partial charge < -0.3 is 13.7 Å². The maximum atomic E-state index is 11.8. The highest BCUT2D eigenvalue weighted by molar-refractivity contribution is 6.04.